The molecule has 0 spiro atoms. The van der Waals surface area contributed by atoms with Gasteiger partial charge in [0, 0.05) is 11.3 Å². The second-order valence-corrected chi connectivity index (χ2v) is 6.83. The first kappa shape index (κ1) is 20.3. The first-order chi connectivity index (χ1) is 15.1. The Kier molecular flexibility index (Phi) is 5.48. The van der Waals surface area contributed by atoms with Gasteiger partial charge in [-0.1, -0.05) is 24.3 Å². The van der Waals surface area contributed by atoms with Gasteiger partial charge in [0.05, 0.1) is 32.6 Å². The lowest BCUT2D eigenvalue weighted by Crippen LogP contribution is -2.31. The third-order valence-corrected chi connectivity index (χ3v) is 5.12. The van der Waals surface area contributed by atoms with Crippen molar-refractivity contribution >= 4 is 17.5 Å². The summed E-state index contributed by atoms with van der Waals surface area (Å²) in [5.41, 5.74) is 2.41. The van der Waals surface area contributed by atoms with Gasteiger partial charge in [-0.2, -0.15) is 10.1 Å². The van der Waals surface area contributed by atoms with E-state index in [4.69, 9.17) is 14.2 Å². The highest BCUT2D eigenvalue weighted by molar-refractivity contribution is 6.06. The molecule has 1 unspecified atom stereocenters. The van der Waals surface area contributed by atoms with Crippen LogP contribution in [0.15, 0.2) is 60.1 Å². The second-order valence-electron chi connectivity index (χ2n) is 6.83. The molecule has 160 valence electrons. The normalized spacial score (nSPS) is 15.0. The fourth-order valence-electron chi connectivity index (χ4n) is 3.74. The highest BCUT2D eigenvalue weighted by atomic mass is 16.5. The van der Waals surface area contributed by atoms with Crippen LogP contribution in [0.25, 0.3) is 0 Å². The number of carbonyl (C=O) groups excluding carboxylic acids is 1. The van der Waals surface area contributed by atoms with Gasteiger partial charge in [0.25, 0.3) is 5.91 Å². The van der Waals surface area contributed by atoms with Gasteiger partial charge < -0.3 is 24.8 Å². The maximum Gasteiger partial charge on any atom is 0.255 e. The van der Waals surface area contributed by atoms with Gasteiger partial charge >= 0.3 is 0 Å². The summed E-state index contributed by atoms with van der Waals surface area (Å²) in [6.07, 6.45) is 1.44. The van der Waals surface area contributed by atoms with E-state index in [0.29, 0.717) is 40.2 Å². The van der Waals surface area contributed by atoms with E-state index in [-0.39, 0.29) is 5.91 Å². The van der Waals surface area contributed by atoms with Gasteiger partial charge in [0.2, 0.25) is 5.95 Å². The number of nitrogens with one attached hydrogen (secondary N) is 2. The van der Waals surface area contributed by atoms with Crippen molar-refractivity contribution in [3.8, 4) is 17.2 Å². The zero-order valence-corrected chi connectivity index (χ0v) is 17.7. The SMILES string of the molecule is COc1ccccc1NC(=O)C1=C(C)Nc2ncnn2C1c1cccc(OC)c1OC. The van der Waals surface area contributed by atoms with Crippen molar-refractivity contribution in [2.45, 2.75) is 13.0 Å². The zero-order valence-electron chi connectivity index (χ0n) is 17.7. The molecule has 31 heavy (non-hydrogen) atoms. The molecule has 0 radical (unpaired) electrons. The molecule has 1 aromatic heterocycles. The highest BCUT2D eigenvalue weighted by Crippen LogP contribution is 2.42. The number of fused-ring (bicyclic) bond motifs is 1. The summed E-state index contributed by atoms with van der Waals surface area (Å²) in [6.45, 7) is 1.83. The smallest absolute Gasteiger partial charge is 0.255 e. The van der Waals surface area contributed by atoms with Crippen molar-refractivity contribution < 1.29 is 19.0 Å². The van der Waals surface area contributed by atoms with E-state index >= 15 is 0 Å². The Labute approximate surface area is 179 Å². The Balaban J connectivity index is 1.83. The minimum Gasteiger partial charge on any atom is -0.495 e. The largest absolute Gasteiger partial charge is 0.495 e. The number of allylic oxidation sites excluding steroid dienone is 1. The Morgan fingerprint density at radius 3 is 2.52 bits per heavy atom. The lowest BCUT2D eigenvalue weighted by atomic mass is 9.94. The summed E-state index contributed by atoms with van der Waals surface area (Å²) in [6, 6.07) is 12.2. The average Bonchev–Trinajstić information content (AvgIpc) is 3.25. The lowest BCUT2D eigenvalue weighted by Gasteiger charge is -2.30. The van der Waals surface area contributed by atoms with Crippen LogP contribution in [0.1, 0.15) is 18.5 Å². The van der Waals surface area contributed by atoms with Crippen molar-refractivity contribution in [2.75, 3.05) is 32.0 Å². The van der Waals surface area contributed by atoms with Gasteiger partial charge in [-0.15, -0.1) is 0 Å². The first-order valence-electron chi connectivity index (χ1n) is 9.61. The second kappa shape index (κ2) is 8.39. The number of amides is 1. The number of benzene rings is 2. The summed E-state index contributed by atoms with van der Waals surface area (Å²) >= 11 is 0. The Morgan fingerprint density at radius 2 is 1.77 bits per heavy atom. The Bertz CT molecular complexity index is 1150. The Hall–Kier alpha value is -4.01. The van der Waals surface area contributed by atoms with Gasteiger partial charge in [0.1, 0.15) is 18.1 Å². The van der Waals surface area contributed by atoms with Crippen LogP contribution < -0.4 is 24.8 Å². The number of aromatic nitrogens is 3. The fourth-order valence-corrected chi connectivity index (χ4v) is 3.74. The summed E-state index contributed by atoms with van der Waals surface area (Å²) in [5, 5.41) is 10.5. The topological polar surface area (TPSA) is 99.5 Å². The number of hydrogen-bond acceptors (Lipinski definition) is 7. The number of carbonyl (C=O) groups is 1. The predicted molar refractivity (Wildman–Crippen MR) is 116 cm³/mol. The number of methoxy groups -OCH3 is 3. The van der Waals surface area contributed by atoms with E-state index in [1.165, 1.54) is 6.33 Å². The minimum atomic E-state index is -0.585. The van der Waals surface area contributed by atoms with Crippen LogP contribution in [0, 0.1) is 0 Å². The fraction of sp³-hybridized carbons (Fsp3) is 0.227. The molecule has 2 heterocycles. The van der Waals surface area contributed by atoms with E-state index in [9.17, 15) is 4.79 Å². The first-order valence-corrected chi connectivity index (χ1v) is 9.61. The molecule has 0 bridgehead atoms. The molecule has 9 nitrogen and oxygen atoms in total. The van der Waals surface area contributed by atoms with Crippen LogP contribution in [0.2, 0.25) is 0 Å². The van der Waals surface area contributed by atoms with Crippen LogP contribution in [0.3, 0.4) is 0 Å². The highest BCUT2D eigenvalue weighted by Gasteiger charge is 2.36. The van der Waals surface area contributed by atoms with Gasteiger partial charge in [-0.25, -0.2) is 4.68 Å². The molecule has 1 atom stereocenters. The lowest BCUT2D eigenvalue weighted by molar-refractivity contribution is -0.113. The molecule has 2 aromatic carbocycles. The molecule has 1 amide bonds. The van der Waals surface area contributed by atoms with Crippen molar-refractivity contribution in [2.24, 2.45) is 0 Å². The van der Waals surface area contributed by atoms with Crippen molar-refractivity contribution in [1.82, 2.24) is 14.8 Å². The number of rotatable bonds is 6. The molecular formula is C22H23N5O4. The maximum absolute atomic E-state index is 13.5. The molecule has 0 saturated heterocycles. The molecule has 1 aliphatic heterocycles. The molecule has 0 fully saturated rings. The monoisotopic (exact) mass is 421 g/mol. The Morgan fingerprint density at radius 1 is 1.03 bits per heavy atom. The van der Waals surface area contributed by atoms with Gasteiger partial charge in [0.15, 0.2) is 11.5 Å². The van der Waals surface area contributed by atoms with Crippen LogP contribution in [0.4, 0.5) is 11.6 Å². The van der Waals surface area contributed by atoms with E-state index < -0.39 is 6.04 Å². The van der Waals surface area contributed by atoms with E-state index in [1.807, 2.05) is 31.2 Å². The summed E-state index contributed by atoms with van der Waals surface area (Å²) in [7, 11) is 4.69. The number of nitrogens with zero attached hydrogens (tertiary/aromatic N) is 3. The van der Waals surface area contributed by atoms with E-state index in [2.05, 4.69) is 20.7 Å². The maximum atomic E-state index is 13.5. The standard InChI is InChI=1S/C22H23N5O4/c1-13-18(21(28)26-15-9-5-6-10-16(15)29-2)19(27-22(25-13)23-12-24-27)14-8-7-11-17(30-3)20(14)31-4/h5-12,19H,1-4H3,(H,26,28)(H,23,24,25). The number of ether oxygens (including phenoxy) is 3. The summed E-state index contributed by atoms with van der Waals surface area (Å²) in [4.78, 5) is 17.8. The average molecular weight is 421 g/mol. The molecule has 9 heteroatoms. The quantitative estimate of drug-likeness (QED) is 0.630. The van der Waals surface area contributed by atoms with Gasteiger partial charge in [-0.3, -0.25) is 4.79 Å². The molecule has 3 aromatic rings. The molecule has 4 rings (SSSR count). The molecule has 0 aliphatic carbocycles. The number of para-hydroxylation sites is 3. The van der Waals surface area contributed by atoms with Crippen molar-refractivity contribution in [1.29, 1.82) is 0 Å². The number of hydrogen-bond donors (Lipinski definition) is 2. The van der Waals surface area contributed by atoms with Crippen molar-refractivity contribution in [3.05, 3.63) is 65.6 Å². The zero-order chi connectivity index (χ0) is 22.0. The van der Waals surface area contributed by atoms with Crippen LogP contribution in [-0.4, -0.2) is 42.0 Å². The third-order valence-electron chi connectivity index (χ3n) is 5.12. The minimum absolute atomic E-state index is 0.300. The van der Waals surface area contributed by atoms with E-state index in [1.54, 1.807) is 44.2 Å². The van der Waals surface area contributed by atoms with Gasteiger partial charge in [-0.05, 0) is 25.1 Å². The molecule has 0 saturated carbocycles. The number of anilines is 2. The predicted octanol–water partition coefficient (Wildman–Crippen LogP) is 3.23. The molecule has 2 N–H and O–H groups in total. The third kappa shape index (κ3) is 3.54. The van der Waals surface area contributed by atoms with Crippen LogP contribution in [0.5, 0.6) is 17.2 Å². The molecule has 1 aliphatic rings. The van der Waals surface area contributed by atoms with Crippen LogP contribution in [-0.2, 0) is 4.79 Å². The van der Waals surface area contributed by atoms with E-state index in [0.717, 1.165) is 5.56 Å². The summed E-state index contributed by atoms with van der Waals surface area (Å²) < 4.78 is 18.1. The summed E-state index contributed by atoms with van der Waals surface area (Å²) in [5.74, 6) is 1.87. The molecular weight excluding hydrogens is 398 g/mol. The van der Waals surface area contributed by atoms with Crippen LogP contribution >= 0.6 is 0 Å². The van der Waals surface area contributed by atoms with Crippen molar-refractivity contribution in [3.63, 3.8) is 0 Å².